The second kappa shape index (κ2) is 2.88. The smallest absolute Gasteiger partial charge is 0.314 e. The Hall–Kier alpha value is -0.290. The molecule has 1 nitrogen and oxygen atoms in total. The van der Waals surface area contributed by atoms with Gasteiger partial charge in [0.1, 0.15) is 5.54 Å². The van der Waals surface area contributed by atoms with E-state index in [1.807, 2.05) is 0 Å². The van der Waals surface area contributed by atoms with Gasteiger partial charge in [0.2, 0.25) is 0 Å². The molecule has 0 saturated heterocycles. The summed E-state index contributed by atoms with van der Waals surface area (Å²) in [4.78, 5) is 0. The van der Waals surface area contributed by atoms with Crippen LogP contribution in [0.5, 0.6) is 0 Å². The summed E-state index contributed by atoms with van der Waals surface area (Å²) in [6.45, 7) is 0. The number of alkyl halides is 3. The number of hydrogen-bond acceptors (Lipinski definition) is 1. The SMILES string of the molecule is NC1(C(F)(F)F)C=CC=C(Br)C1. The van der Waals surface area contributed by atoms with Gasteiger partial charge in [-0.2, -0.15) is 13.2 Å². The molecule has 0 aromatic carbocycles. The summed E-state index contributed by atoms with van der Waals surface area (Å²) in [7, 11) is 0. The molecule has 0 amide bonds. The molecule has 1 aliphatic rings. The predicted octanol–water partition coefficient (Wildman–Crippen LogP) is 2.48. The topological polar surface area (TPSA) is 26.0 Å². The average molecular weight is 242 g/mol. The van der Waals surface area contributed by atoms with Gasteiger partial charge in [0, 0.05) is 6.42 Å². The van der Waals surface area contributed by atoms with Gasteiger partial charge in [0.05, 0.1) is 0 Å². The van der Waals surface area contributed by atoms with Crippen LogP contribution < -0.4 is 5.73 Å². The normalized spacial score (nSPS) is 30.2. The highest BCUT2D eigenvalue weighted by Gasteiger charge is 2.50. The van der Waals surface area contributed by atoms with Gasteiger partial charge in [0.15, 0.2) is 0 Å². The molecule has 0 fully saturated rings. The van der Waals surface area contributed by atoms with E-state index in [1.54, 1.807) is 6.08 Å². The highest BCUT2D eigenvalue weighted by Crippen LogP contribution is 2.37. The van der Waals surface area contributed by atoms with E-state index in [0.717, 1.165) is 6.08 Å². The zero-order chi connectivity index (χ0) is 9.41. The summed E-state index contributed by atoms with van der Waals surface area (Å²) in [5.74, 6) is 0. The Morgan fingerprint density at radius 2 is 2.08 bits per heavy atom. The fourth-order valence-electron chi connectivity index (χ4n) is 0.916. The van der Waals surface area contributed by atoms with E-state index in [9.17, 15) is 13.2 Å². The van der Waals surface area contributed by atoms with Gasteiger partial charge >= 0.3 is 6.18 Å². The second-order valence-corrected chi connectivity index (χ2v) is 3.71. The van der Waals surface area contributed by atoms with E-state index >= 15 is 0 Å². The third kappa shape index (κ3) is 1.72. The van der Waals surface area contributed by atoms with Crippen LogP contribution in [0.15, 0.2) is 22.7 Å². The first-order chi connectivity index (χ1) is 5.35. The van der Waals surface area contributed by atoms with Gasteiger partial charge < -0.3 is 5.73 Å². The van der Waals surface area contributed by atoms with Crippen LogP contribution in [-0.2, 0) is 0 Å². The third-order valence-corrected chi connectivity index (χ3v) is 2.20. The number of hydrogen-bond donors (Lipinski definition) is 1. The summed E-state index contributed by atoms with van der Waals surface area (Å²) >= 11 is 2.99. The van der Waals surface area contributed by atoms with E-state index in [1.165, 1.54) is 6.08 Å². The molecule has 1 atom stereocenters. The first kappa shape index (κ1) is 9.80. The molecule has 1 aliphatic carbocycles. The first-order valence-electron chi connectivity index (χ1n) is 3.25. The van der Waals surface area contributed by atoms with Gasteiger partial charge in [-0.1, -0.05) is 34.2 Å². The number of nitrogens with two attached hydrogens (primary N) is 1. The lowest BCUT2D eigenvalue weighted by Crippen LogP contribution is -2.52. The van der Waals surface area contributed by atoms with Crippen molar-refractivity contribution in [1.29, 1.82) is 0 Å². The molecule has 12 heavy (non-hydrogen) atoms. The summed E-state index contributed by atoms with van der Waals surface area (Å²) in [5.41, 5.74) is 2.94. The summed E-state index contributed by atoms with van der Waals surface area (Å²) in [5, 5.41) is 0. The Morgan fingerprint density at radius 3 is 2.42 bits per heavy atom. The maximum absolute atomic E-state index is 12.3. The summed E-state index contributed by atoms with van der Waals surface area (Å²) in [6, 6.07) is 0. The third-order valence-electron chi connectivity index (χ3n) is 1.66. The molecule has 0 bridgehead atoms. The molecule has 0 aliphatic heterocycles. The van der Waals surface area contributed by atoms with Crippen LogP contribution >= 0.6 is 15.9 Å². The van der Waals surface area contributed by atoms with Crippen LogP contribution in [0.4, 0.5) is 13.2 Å². The average Bonchev–Trinajstić information content (AvgIpc) is 1.83. The van der Waals surface area contributed by atoms with Gasteiger partial charge in [0.25, 0.3) is 0 Å². The minimum atomic E-state index is -4.39. The Bertz CT molecular complexity index is 244. The van der Waals surface area contributed by atoms with Crippen LogP contribution in [0.1, 0.15) is 6.42 Å². The van der Waals surface area contributed by atoms with E-state index in [0.29, 0.717) is 4.48 Å². The lowest BCUT2D eigenvalue weighted by molar-refractivity contribution is -0.171. The van der Waals surface area contributed by atoms with Gasteiger partial charge in [-0.15, -0.1) is 0 Å². The van der Waals surface area contributed by atoms with Crippen molar-refractivity contribution < 1.29 is 13.2 Å². The van der Waals surface area contributed by atoms with Gasteiger partial charge in [-0.05, 0) is 4.48 Å². The highest BCUT2D eigenvalue weighted by molar-refractivity contribution is 9.11. The van der Waals surface area contributed by atoms with E-state index in [2.05, 4.69) is 15.9 Å². The minimum absolute atomic E-state index is 0.229. The molecule has 0 aromatic rings. The van der Waals surface area contributed by atoms with Crippen molar-refractivity contribution in [3.05, 3.63) is 22.7 Å². The maximum Gasteiger partial charge on any atom is 0.410 e. The fourth-order valence-corrected chi connectivity index (χ4v) is 1.53. The van der Waals surface area contributed by atoms with Crippen LogP contribution in [-0.4, -0.2) is 11.7 Å². The van der Waals surface area contributed by atoms with Crippen LogP contribution in [0.25, 0.3) is 0 Å². The quantitative estimate of drug-likeness (QED) is 0.693. The molecule has 0 saturated carbocycles. The van der Waals surface area contributed by atoms with Crippen LogP contribution in [0.3, 0.4) is 0 Å². The fraction of sp³-hybridized carbons (Fsp3) is 0.429. The molecule has 2 N–H and O–H groups in total. The molecule has 1 unspecified atom stereocenters. The largest absolute Gasteiger partial charge is 0.410 e. The van der Waals surface area contributed by atoms with Crippen molar-refractivity contribution in [2.45, 2.75) is 18.1 Å². The molecule has 0 aromatic heterocycles. The first-order valence-corrected chi connectivity index (χ1v) is 4.04. The Kier molecular flexibility index (Phi) is 2.35. The lowest BCUT2D eigenvalue weighted by atomic mass is 9.92. The van der Waals surface area contributed by atoms with E-state index in [-0.39, 0.29) is 6.42 Å². The number of rotatable bonds is 0. The van der Waals surface area contributed by atoms with E-state index < -0.39 is 11.7 Å². The highest BCUT2D eigenvalue weighted by atomic mass is 79.9. The molecular weight excluding hydrogens is 235 g/mol. The molecule has 68 valence electrons. The second-order valence-electron chi connectivity index (χ2n) is 2.69. The monoisotopic (exact) mass is 241 g/mol. The standard InChI is InChI=1S/C7H7BrF3N/c8-5-2-1-3-6(12,4-5)7(9,10)11/h1-3H,4,12H2. The molecular formula is C7H7BrF3N. The minimum Gasteiger partial charge on any atom is -0.314 e. The Morgan fingerprint density at radius 1 is 1.50 bits per heavy atom. The Labute approximate surface area is 76.2 Å². The molecule has 0 spiro atoms. The summed E-state index contributed by atoms with van der Waals surface area (Å²) < 4.78 is 37.3. The van der Waals surface area contributed by atoms with E-state index in [4.69, 9.17) is 5.73 Å². The van der Waals surface area contributed by atoms with Crippen molar-refractivity contribution in [3.8, 4) is 0 Å². The van der Waals surface area contributed by atoms with Gasteiger partial charge in [-0.3, -0.25) is 0 Å². The van der Waals surface area contributed by atoms with Crippen molar-refractivity contribution in [2.24, 2.45) is 5.73 Å². The molecule has 1 rings (SSSR count). The van der Waals surface area contributed by atoms with Gasteiger partial charge in [-0.25, -0.2) is 0 Å². The van der Waals surface area contributed by atoms with Crippen LogP contribution in [0, 0.1) is 0 Å². The maximum atomic E-state index is 12.3. The predicted molar refractivity (Wildman–Crippen MR) is 43.7 cm³/mol. The summed E-state index contributed by atoms with van der Waals surface area (Å²) in [6.07, 6.45) is -0.792. The zero-order valence-electron chi connectivity index (χ0n) is 6.03. The number of halogens is 4. The zero-order valence-corrected chi connectivity index (χ0v) is 7.61. The van der Waals surface area contributed by atoms with Crippen molar-refractivity contribution in [2.75, 3.05) is 0 Å². The lowest BCUT2D eigenvalue weighted by Gasteiger charge is -2.30. The van der Waals surface area contributed by atoms with Crippen LogP contribution in [0.2, 0.25) is 0 Å². The van der Waals surface area contributed by atoms with Crippen molar-refractivity contribution in [3.63, 3.8) is 0 Å². The van der Waals surface area contributed by atoms with Crippen molar-refractivity contribution in [1.82, 2.24) is 0 Å². The number of allylic oxidation sites excluding steroid dienone is 2. The Balaban J connectivity index is 2.90. The molecule has 0 heterocycles. The molecule has 0 radical (unpaired) electrons. The molecule has 5 heteroatoms. The van der Waals surface area contributed by atoms with Crippen molar-refractivity contribution >= 4 is 15.9 Å².